The molecule has 2 aromatic rings. The number of amides is 1. The van der Waals surface area contributed by atoms with Crippen LogP contribution in [0.2, 0.25) is 0 Å². The molecule has 6 heteroatoms. The fourth-order valence-corrected chi connectivity index (χ4v) is 2.84. The summed E-state index contributed by atoms with van der Waals surface area (Å²) in [5, 5.41) is 0. The Balaban J connectivity index is 1.56. The van der Waals surface area contributed by atoms with Gasteiger partial charge in [-0.3, -0.25) is 4.79 Å². The van der Waals surface area contributed by atoms with Crippen molar-refractivity contribution in [1.82, 2.24) is 9.88 Å². The maximum atomic E-state index is 12.9. The molecule has 1 aliphatic rings. The van der Waals surface area contributed by atoms with Gasteiger partial charge in [0.1, 0.15) is 17.4 Å². The maximum Gasteiger partial charge on any atom is 0.255 e. The van der Waals surface area contributed by atoms with Gasteiger partial charge in [0, 0.05) is 25.2 Å². The summed E-state index contributed by atoms with van der Waals surface area (Å²) in [5.74, 6) is 0.982. The minimum absolute atomic E-state index is 0.0333. The lowest BCUT2D eigenvalue weighted by atomic mass is 9.98. The highest BCUT2D eigenvalue weighted by Gasteiger charge is 2.25. The Labute approximate surface area is 140 Å². The first kappa shape index (κ1) is 16.2. The number of nitrogens with two attached hydrogens (primary N) is 1. The molecule has 2 heterocycles. The van der Waals surface area contributed by atoms with Crippen molar-refractivity contribution in [3.8, 4) is 5.75 Å². The second-order valence-electron chi connectivity index (χ2n) is 6.00. The molecule has 1 saturated heterocycles. The lowest BCUT2D eigenvalue weighted by molar-refractivity contribution is 0.0633. The van der Waals surface area contributed by atoms with Gasteiger partial charge in [-0.2, -0.15) is 0 Å². The van der Waals surface area contributed by atoms with Crippen LogP contribution in [0.1, 0.15) is 23.2 Å². The van der Waals surface area contributed by atoms with Crippen LogP contribution >= 0.6 is 0 Å². The predicted octanol–water partition coefficient (Wildman–Crippen LogP) is 2.73. The molecular formula is C18H20FN3O2. The molecular weight excluding hydrogens is 309 g/mol. The van der Waals surface area contributed by atoms with Crippen molar-refractivity contribution in [1.29, 1.82) is 0 Å². The van der Waals surface area contributed by atoms with E-state index in [-0.39, 0.29) is 17.6 Å². The highest BCUT2D eigenvalue weighted by molar-refractivity contribution is 5.94. The van der Waals surface area contributed by atoms with E-state index in [9.17, 15) is 9.18 Å². The number of halogens is 1. The zero-order valence-corrected chi connectivity index (χ0v) is 13.3. The van der Waals surface area contributed by atoms with Crippen molar-refractivity contribution in [3.05, 3.63) is 54.0 Å². The van der Waals surface area contributed by atoms with E-state index in [0.717, 1.165) is 19.4 Å². The number of nitrogens with zero attached hydrogens (tertiary/aromatic N) is 2. The SMILES string of the molecule is Nc1ccc(C(=O)N2CCC[C@@H](COc3ccc(F)cc3)C2)cn1. The Kier molecular flexibility index (Phi) is 4.93. The molecule has 0 aliphatic carbocycles. The topological polar surface area (TPSA) is 68.5 Å². The minimum Gasteiger partial charge on any atom is -0.493 e. The fourth-order valence-electron chi connectivity index (χ4n) is 2.84. The van der Waals surface area contributed by atoms with Gasteiger partial charge in [-0.25, -0.2) is 9.37 Å². The van der Waals surface area contributed by atoms with Crippen LogP contribution in [-0.2, 0) is 0 Å². The second kappa shape index (κ2) is 7.29. The zero-order chi connectivity index (χ0) is 16.9. The van der Waals surface area contributed by atoms with Gasteiger partial charge in [0.05, 0.1) is 12.2 Å². The molecule has 1 atom stereocenters. The largest absolute Gasteiger partial charge is 0.493 e. The molecule has 126 valence electrons. The monoisotopic (exact) mass is 329 g/mol. The lowest BCUT2D eigenvalue weighted by Gasteiger charge is -2.32. The van der Waals surface area contributed by atoms with Gasteiger partial charge >= 0.3 is 0 Å². The third-order valence-corrected chi connectivity index (χ3v) is 4.14. The van der Waals surface area contributed by atoms with Crippen molar-refractivity contribution in [2.24, 2.45) is 5.92 Å². The summed E-state index contributed by atoms with van der Waals surface area (Å²) in [4.78, 5) is 18.3. The number of piperidine rings is 1. The first-order valence-electron chi connectivity index (χ1n) is 8.01. The van der Waals surface area contributed by atoms with Crippen LogP contribution in [-0.4, -0.2) is 35.5 Å². The summed E-state index contributed by atoms with van der Waals surface area (Å²) in [6.45, 7) is 1.88. The van der Waals surface area contributed by atoms with Gasteiger partial charge in [0.25, 0.3) is 5.91 Å². The first-order chi connectivity index (χ1) is 11.6. The van der Waals surface area contributed by atoms with E-state index < -0.39 is 0 Å². The lowest BCUT2D eigenvalue weighted by Crippen LogP contribution is -2.41. The minimum atomic E-state index is -0.283. The van der Waals surface area contributed by atoms with Crippen molar-refractivity contribution in [2.75, 3.05) is 25.4 Å². The van der Waals surface area contributed by atoms with Crippen molar-refractivity contribution in [3.63, 3.8) is 0 Å². The molecule has 5 nitrogen and oxygen atoms in total. The van der Waals surface area contributed by atoms with Gasteiger partial charge < -0.3 is 15.4 Å². The van der Waals surface area contributed by atoms with Crippen molar-refractivity contribution in [2.45, 2.75) is 12.8 Å². The third-order valence-electron chi connectivity index (χ3n) is 4.14. The van der Waals surface area contributed by atoms with Gasteiger partial charge in [-0.1, -0.05) is 0 Å². The normalized spacial score (nSPS) is 17.5. The molecule has 0 unspecified atom stereocenters. The van der Waals surface area contributed by atoms with E-state index in [2.05, 4.69) is 4.98 Å². The summed E-state index contributed by atoms with van der Waals surface area (Å²) in [6.07, 6.45) is 3.45. The molecule has 24 heavy (non-hydrogen) atoms. The highest BCUT2D eigenvalue weighted by Crippen LogP contribution is 2.20. The number of ether oxygens (including phenoxy) is 1. The Morgan fingerprint density at radius 1 is 1.29 bits per heavy atom. The number of benzene rings is 1. The summed E-state index contributed by atoms with van der Waals surface area (Å²) in [6, 6.07) is 9.30. The number of aromatic nitrogens is 1. The van der Waals surface area contributed by atoms with E-state index in [4.69, 9.17) is 10.5 Å². The first-order valence-corrected chi connectivity index (χ1v) is 8.01. The Hall–Kier alpha value is -2.63. The van der Waals surface area contributed by atoms with Crippen LogP contribution in [0.5, 0.6) is 5.75 Å². The Morgan fingerprint density at radius 2 is 2.08 bits per heavy atom. The molecule has 2 N–H and O–H groups in total. The smallest absolute Gasteiger partial charge is 0.255 e. The summed E-state index contributed by atoms with van der Waals surface area (Å²) in [7, 11) is 0. The number of anilines is 1. The van der Waals surface area contributed by atoms with E-state index in [1.807, 2.05) is 4.90 Å². The van der Waals surface area contributed by atoms with Crippen molar-refractivity contribution < 1.29 is 13.9 Å². The molecule has 3 rings (SSSR count). The second-order valence-corrected chi connectivity index (χ2v) is 6.00. The van der Waals surface area contributed by atoms with Gasteiger partial charge in [-0.15, -0.1) is 0 Å². The number of carbonyl (C=O) groups is 1. The molecule has 1 aromatic carbocycles. The van der Waals surface area contributed by atoms with E-state index in [1.54, 1.807) is 24.3 Å². The summed E-state index contributed by atoms with van der Waals surface area (Å²) < 4.78 is 18.6. The maximum absolute atomic E-state index is 12.9. The van der Waals surface area contributed by atoms with Crippen LogP contribution in [0.25, 0.3) is 0 Å². The number of hydrogen-bond acceptors (Lipinski definition) is 4. The molecule has 1 fully saturated rings. The number of carbonyl (C=O) groups excluding carboxylic acids is 1. The van der Waals surface area contributed by atoms with Gasteiger partial charge in [0.2, 0.25) is 0 Å². The van der Waals surface area contributed by atoms with Crippen LogP contribution in [0.4, 0.5) is 10.2 Å². The average molecular weight is 329 g/mol. The molecule has 0 spiro atoms. The van der Waals surface area contributed by atoms with Crippen LogP contribution in [0, 0.1) is 11.7 Å². The van der Waals surface area contributed by atoms with E-state index >= 15 is 0 Å². The third kappa shape index (κ3) is 4.01. The summed E-state index contributed by atoms with van der Waals surface area (Å²) in [5.41, 5.74) is 6.10. The summed E-state index contributed by atoms with van der Waals surface area (Å²) >= 11 is 0. The molecule has 0 saturated carbocycles. The van der Waals surface area contributed by atoms with Crippen LogP contribution in [0.15, 0.2) is 42.6 Å². The Bertz CT molecular complexity index is 688. The molecule has 1 aliphatic heterocycles. The number of nitrogen functional groups attached to an aromatic ring is 1. The molecule has 0 bridgehead atoms. The average Bonchev–Trinajstić information content (AvgIpc) is 2.61. The van der Waals surface area contributed by atoms with Crippen LogP contribution in [0.3, 0.4) is 0 Å². The molecule has 0 radical (unpaired) electrons. The quantitative estimate of drug-likeness (QED) is 0.936. The van der Waals surface area contributed by atoms with Crippen molar-refractivity contribution >= 4 is 11.7 Å². The number of likely N-dealkylation sites (tertiary alicyclic amines) is 1. The fraction of sp³-hybridized carbons (Fsp3) is 0.333. The van der Waals surface area contributed by atoms with E-state index in [0.29, 0.717) is 30.3 Å². The molecule has 1 amide bonds. The van der Waals surface area contributed by atoms with Gasteiger partial charge in [-0.05, 0) is 49.2 Å². The number of rotatable bonds is 4. The standard InChI is InChI=1S/C18H20FN3O2/c19-15-4-6-16(7-5-15)24-12-13-2-1-9-22(11-13)18(23)14-3-8-17(20)21-10-14/h3-8,10,13H,1-2,9,11-12H2,(H2,20,21)/t13-/m1/s1. The van der Waals surface area contributed by atoms with Gasteiger partial charge in [0.15, 0.2) is 0 Å². The number of hydrogen-bond donors (Lipinski definition) is 1. The van der Waals surface area contributed by atoms with Crippen LogP contribution < -0.4 is 10.5 Å². The van der Waals surface area contributed by atoms with E-state index in [1.165, 1.54) is 18.3 Å². The zero-order valence-electron chi connectivity index (χ0n) is 13.3. The predicted molar refractivity (Wildman–Crippen MR) is 89.2 cm³/mol. The highest BCUT2D eigenvalue weighted by atomic mass is 19.1. The number of pyridine rings is 1. The molecule has 1 aromatic heterocycles. The Morgan fingerprint density at radius 3 is 2.79 bits per heavy atom.